The van der Waals surface area contributed by atoms with Gasteiger partial charge in [-0.05, 0) is 37.0 Å². The topological polar surface area (TPSA) is 70.0 Å². The van der Waals surface area contributed by atoms with E-state index in [1.807, 2.05) is 6.07 Å². The minimum Gasteiger partial charge on any atom is -0.358 e. The van der Waals surface area contributed by atoms with Crippen molar-refractivity contribution in [2.45, 2.75) is 32.1 Å². The molecule has 4 nitrogen and oxygen atoms in total. The molecule has 2 bridgehead atoms. The maximum Gasteiger partial charge on any atom is 0.244 e. The molecule has 92 valence electrons. The van der Waals surface area contributed by atoms with Gasteiger partial charge in [0.2, 0.25) is 5.91 Å². The number of ketones is 1. The fourth-order valence-corrected chi connectivity index (χ4v) is 3.42. The molecule has 2 fully saturated rings. The zero-order valence-electron chi connectivity index (χ0n) is 10.1. The highest BCUT2D eigenvalue weighted by atomic mass is 16.2. The van der Waals surface area contributed by atoms with Crippen LogP contribution in [0.15, 0.2) is 0 Å². The van der Waals surface area contributed by atoms with Gasteiger partial charge in [0, 0.05) is 13.5 Å². The predicted molar refractivity (Wildman–Crippen MR) is 61.7 cm³/mol. The molecule has 0 aliphatic heterocycles. The molecular weight excluding hydrogens is 216 g/mol. The molecule has 1 amide bonds. The summed E-state index contributed by atoms with van der Waals surface area (Å²) < 4.78 is 0. The second-order valence-corrected chi connectivity index (χ2v) is 5.28. The zero-order chi connectivity index (χ0) is 12.4. The molecule has 2 rings (SSSR count). The molecule has 2 saturated carbocycles. The van der Waals surface area contributed by atoms with E-state index < -0.39 is 11.8 Å². The lowest BCUT2D eigenvalue weighted by Crippen LogP contribution is -2.33. The minimum absolute atomic E-state index is 0.204. The van der Waals surface area contributed by atoms with E-state index in [0.717, 1.165) is 12.3 Å². The van der Waals surface area contributed by atoms with Crippen LogP contribution in [-0.4, -0.2) is 18.7 Å². The zero-order valence-corrected chi connectivity index (χ0v) is 10.1. The second kappa shape index (κ2) is 4.87. The lowest BCUT2D eigenvalue weighted by molar-refractivity contribution is -0.132. The van der Waals surface area contributed by atoms with E-state index in [4.69, 9.17) is 5.26 Å². The van der Waals surface area contributed by atoms with Crippen LogP contribution >= 0.6 is 0 Å². The van der Waals surface area contributed by atoms with Crippen LogP contribution in [-0.2, 0) is 9.59 Å². The highest BCUT2D eigenvalue weighted by molar-refractivity contribution is 6.03. The number of rotatable bonds is 4. The first-order valence-corrected chi connectivity index (χ1v) is 6.29. The smallest absolute Gasteiger partial charge is 0.244 e. The number of carbonyl (C=O) groups excluding carboxylic acids is 2. The van der Waals surface area contributed by atoms with Gasteiger partial charge in [0.1, 0.15) is 0 Å². The van der Waals surface area contributed by atoms with E-state index in [9.17, 15) is 9.59 Å². The first kappa shape index (κ1) is 12.1. The quantitative estimate of drug-likeness (QED) is 0.745. The van der Waals surface area contributed by atoms with Crippen LogP contribution in [0.1, 0.15) is 32.1 Å². The molecule has 0 aromatic carbocycles. The molecule has 17 heavy (non-hydrogen) atoms. The van der Waals surface area contributed by atoms with Crippen molar-refractivity contribution in [2.75, 3.05) is 7.05 Å². The van der Waals surface area contributed by atoms with E-state index in [2.05, 4.69) is 5.32 Å². The fourth-order valence-electron chi connectivity index (χ4n) is 3.42. The largest absolute Gasteiger partial charge is 0.358 e. The third kappa shape index (κ3) is 2.33. The third-order valence-electron chi connectivity index (χ3n) is 4.31. The van der Waals surface area contributed by atoms with Crippen molar-refractivity contribution < 1.29 is 9.59 Å². The summed E-state index contributed by atoms with van der Waals surface area (Å²) in [6.45, 7) is 0. The summed E-state index contributed by atoms with van der Waals surface area (Å²) in [6, 6.07) is 1.81. The number of amides is 1. The summed E-state index contributed by atoms with van der Waals surface area (Å²) in [5, 5.41) is 11.2. The van der Waals surface area contributed by atoms with Crippen molar-refractivity contribution in [3.8, 4) is 6.07 Å². The van der Waals surface area contributed by atoms with Gasteiger partial charge in [-0.1, -0.05) is 6.42 Å². The van der Waals surface area contributed by atoms with Crippen molar-refractivity contribution in [1.29, 1.82) is 5.26 Å². The molecular formula is C13H18N2O2. The molecule has 1 N–H and O–H groups in total. The molecule has 0 saturated heterocycles. The highest BCUT2D eigenvalue weighted by Crippen LogP contribution is 2.49. The average molecular weight is 234 g/mol. The summed E-state index contributed by atoms with van der Waals surface area (Å²) in [6.07, 6.45) is 5.29. The molecule has 4 heteroatoms. The molecule has 0 spiro atoms. The number of nitrogens with zero attached hydrogens (tertiary/aromatic N) is 1. The molecule has 0 heterocycles. The van der Waals surface area contributed by atoms with E-state index in [-0.39, 0.29) is 5.78 Å². The van der Waals surface area contributed by atoms with Gasteiger partial charge in [-0.2, -0.15) is 5.26 Å². The van der Waals surface area contributed by atoms with Gasteiger partial charge in [0.25, 0.3) is 0 Å². The van der Waals surface area contributed by atoms with Gasteiger partial charge in [-0.3, -0.25) is 9.59 Å². The Morgan fingerprint density at radius 2 is 2.18 bits per heavy atom. The van der Waals surface area contributed by atoms with Crippen molar-refractivity contribution >= 4 is 11.7 Å². The van der Waals surface area contributed by atoms with Crippen LogP contribution in [0.4, 0.5) is 0 Å². The van der Waals surface area contributed by atoms with E-state index in [1.165, 1.54) is 26.3 Å². The molecule has 4 atom stereocenters. The SMILES string of the molecule is CNC(=O)[C@@H](C#N)C(=O)C[C@@H]1C[C@H]2CC[C@H]1C2. The summed E-state index contributed by atoms with van der Waals surface area (Å²) in [4.78, 5) is 23.3. The standard InChI is InChI=1S/C13H18N2O2/c1-15-13(17)11(7-14)12(16)6-10-5-8-2-3-9(10)4-8/h8-11H,2-6H2,1H3,(H,15,17)/t8-,9-,10-,11-/m0/s1. The Morgan fingerprint density at radius 3 is 2.65 bits per heavy atom. The van der Waals surface area contributed by atoms with Crippen molar-refractivity contribution in [1.82, 2.24) is 5.32 Å². The number of nitrogens with one attached hydrogen (secondary N) is 1. The van der Waals surface area contributed by atoms with Gasteiger partial charge >= 0.3 is 0 Å². The Bertz CT molecular complexity index is 372. The minimum atomic E-state index is -1.11. The number of carbonyl (C=O) groups is 2. The summed E-state index contributed by atoms with van der Waals surface area (Å²) in [5.74, 6) is 0.0808. The number of fused-ring (bicyclic) bond motifs is 2. The van der Waals surface area contributed by atoms with Crippen LogP contribution in [0.3, 0.4) is 0 Å². The Hall–Kier alpha value is -1.37. The highest BCUT2D eigenvalue weighted by Gasteiger charge is 2.41. The van der Waals surface area contributed by atoms with Gasteiger partial charge in [0.15, 0.2) is 11.7 Å². The lowest BCUT2D eigenvalue weighted by atomic mass is 9.83. The van der Waals surface area contributed by atoms with Crippen molar-refractivity contribution in [3.63, 3.8) is 0 Å². The monoisotopic (exact) mass is 234 g/mol. The third-order valence-corrected chi connectivity index (χ3v) is 4.31. The molecule has 0 aromatic rings. The summed E-state index contributed by atoms with van der Waals surface area (Å²) >= 11 is 0. The summed E-state index contributed by atoms with van der Waals surface area (Å²) in [7, 11) is 1.46. The Kier molecular flexibility index (Phi) is 3.46. The number of Topliss-reactive ketones (excluding diaryl/α,β-unsaturated/α-hetero) is 1. The lowest BCUT2D eigenvalue weighted by Gasteiger charge is -2.21. The van der Waals surface area contributed by atoms with Gasteiger partial charge in [-0.25, -0.2) is 0 Å². The van der Waals surface area contributed by atoms with Gasteiger partial charge < -0.3 is 5.32 Å². The van der Waals surface area contributed by atoms with Gasteiger partial charge in [-0.15, -0.1) is 0 Å². The fraction of sp³-hybridized carbons (Fsp3) is 0.769. The van der Waals surface area contributed by atoms with Crippen LogP contribution in [0.5, 0.6) is 0 Å². The average Bonchev–Trinajstić information content (AvgIpc) is 2.91. The number of hydrogen-bond acceptors (Lipinski definition) is 3. The van der Waals surface area contributed by atoms with E-state index in [1.54, 1.807) is 0 Å². The molecule has 2 aliphatic carbocycles. The molecule has 0 aromatic heterocycles. The molecule has 2 aliphatic rings. The maximum atomic E-state index is 11.9. The van der Waals surface area contributed by atoms with Crippen LogP contribution in [0.2, 0.25) is 0 Å². The van der Waals surface area contributed by atoms with E-state index >= 15 is 0 Å². The molecule has 0 radical (unpaired) electrons. The Balaban J connectivity index is 1.92. The van der Waals surface area contributed by atoms with Crippen LogP contribution in [0, 0.1) is 35.0 Å². The molecule has 0 unspecified atom stereocenters. The Labute approximate surface area is 101 Å². The van der Waals surface area contributed by atoms with Crippen molar-refractivity contribution in [3.05, 3.63) is 0 Å². The maximum absolute atomic E-state index is 11.9. The van der Waals surface area contributed by atoms with E-state index in [0.29, 0.717) is 18.3 Å². The normalized spacial score (nSPS) is 31.9. The summed E-state index contributed by atoms with van der Waals surface area (Å²) in [5.41, 5.74) is 0. The number of nitriles is 1. The number of hydrogen-bond donors (Lipinski definition) is 1. The van der Waals surface area contributed by atoms with Crippen LogP contribution < -0.4 is 5.32 Å². The van der Waals surface area contributed by atoms with Crippen LogP contribution in [0.25, 0.3) is 0 Å². The first-order chi connectivity index (χ1) is 8.15. The van der Waals surface area contributed by atoms with Crippen molar-refractivity contribution in [2.24, 2.45) is 23.7 Å². The first-order valence-electron chi connectivity index (χ1n) is 6.29. The van der Waals surface area contributed by atoms with Gasteiger partial charge in [0.05, 0.1) is 6.07 Å². The second-order valence-electron chi connectivity index (χ2n) is 5.28. The Morgan fingerprint density at radius 1 is 1.41 bits per heavy atom. The predicted octanol–water partition coefficient (Wildman–Crippen LogP) is 1.27.